The molecule has 0 unspecified atom stereocenters. The highest BCUT2D eigenvalue weighted by atomic mass is 32.3. The molecule has 58 heavy (non-hydrogen) atoms. The molecule has 5 atom stereocenters. The first-order valence-corrected chi connectivity index (χ1v) is 21.4. The molecular formula is C43H59NO13S. The van der Waals surface area contributed by atoms with Crippen molar-refractivity contribution in [2.24, 2.45) is 5.41 Å². The molecule has 2 aliphatic rings. The van der Waals surface area contributed by atoms with Crippen molar-refractivity contribution in [1.29, 1.82) is 0 Å². The molecule has 0 spiro atoms. The summed E-state index contributed by atoms with van der Waals surface area (Å²) in [5, 5.41) is 3.03. The number of unbranched alkanes of at least 4 members (excludes halogenated alkanes) is 5. The minimum atomic E-state index is -4.79. The van der Waals surface area contributed by atoms with Gasteiger partial charge in [-0.25, -0.2) is 4.18 Å². The van der Waals surface area contributed by atoms with Crippen molar-refractivity contribution in [2.75, 3.05) is 46.8 Å². The molecule has 0 aromatic heterocycles. The van der Waals surface area contributed by atoms with Gasteiger partial charge in [0.2, 0.25) is 5.91 Å². The van der Waals surface area contributed by atoms with Gasteiger partial charge in [-0.15, -0.1) is 0 Å². The molecule has 3 aromatic carbocycles. The van der Waals surface area contributed by atoms with E-state index in [4.69, 9.17) is 42.1 Å². The average molecular weight is 830 g/mol. The molecular weight excluding hydrogens is 771 g/mol. The average Bonchev–Trinajstić information content (AvgIpc) is 3.23. The topological polar surface area (TPSA) is 167 Å². The number of benzene rings is 3. The summed E-state index contributed by atoms with van der Waals surface area (Å²) in [6, 6.07) is 25.8. The largest absolute Gasteiger partial charge is 0.497 e. The third-order valence-electron chi connectivity index (χ3n) is 10.0. The Balaban J connectivity index is 1.37. The quantitative estimate of drug-likeness (QED) is 0.0760. The predicted molar refractivity (Wildman–Crippen MR) is 214 cm³/mol. The van der Waals surface area contributed by atoms with Gasteiger partial charge in [-0.2, -0.15) is 8.42 Å². The van der Waals surface area contributed by atoms with E-state index < -0.39 is 59.4 Å². The van der Waals surface area contributed by atoms with E-state index in [0.717, 1.165) is 48.8 Å². The van der Waals surface area contributed by atoms with Crippen molar-refractivity contribution in [3.05, 3.63) is 102 Å². The Hall–Kier alpha value is -3.48. The zero-order valence-corrected chi connectivity index (χ0v) is 34.5. The Morgan fingerprint density at radius 3 is 2.00 bits per heavy atom. The number of carbonyl (C=O) groups excluding carboxylic acids is 1. The minimum Gasteiger partial charge on any atom is -0.497 e. The highest BCUT2D eigenvalue weighted by molar-refractivity contribution is 7.80. The van der Waals surface area contributed by atoms with Crippen molar-refractivity contribution in [3.63, 3.8) is 0 Å². The van der Waals surface area contributed by atoms with Gasteiger partial charge in [0.05, 0.1) is 58.8 Å². The molecule has 0 saturated carbocycles. The summed E-state index contributed by atoms with van der Waals surface area (Å²) in [7, 11) is -3.22. The van der Waals surface area contributed by atoms with E-state index in [0.29, 0.717) is 12.4 Å². The maximum atomic E-state index is 12.7. The molecule has 0 bridgehead atoms. The first-order chi connectivity index (χ1) is 28.1. The maximum Gasteiger partial charge on any atom is 0.397 e. The van der Waals surface area contributed by atoms with Gasteiger partial charge in [0.15, 0.2) is 12.6 Å². The van der Waals surface area contributed by atoms with E-state index in [1.165, 1.54) is 13.3 Å². The van der Waals surface area contributed by atoms with Gasteiger partial charge in [-0.1, -0.05) is 112 Å². The molecule has 2 aliphatic heterocycles. The lowest BCUT2D eigenvalue weighted by Gasteiger charge is -2.46. The Labute approximate surface area is 342 Å². The number of rotatable bonds is 24. The van der Waals surface area contributed by atoms with Gasteiger partial charge in [0.25, 0.3) is 0 Å². The van der Waals surface area contributed by atoms with Crippen LogP contribution in [-0.4, -0.2) is 96.3 Å². The molecule has 5 rings (SSSR count). The number of nitrogens with one attached hydrogen (secondary N) is 1. The summed E-state index contributed by atoms with van der Waals surface area (Å²) in [6.45, 7) is 3.81. The third kappa shape index (κ3) is 14.7. The van der Waals surface area contributed by atoms with Crippen molar-refractivity contribution < 1.29 is 59.8 Å². The Morgan fingerprint density at radius 2 is 1.41 bits per heavy atom. The first kappa shape index (κ1) is 45.6. The normalized spacial score (nSPS) is 25.0. The summed E-state index contributed by atoms with van der Waals surface area (Å²) in [5.41, 5.74) is 1.46. The molecule has 2 N–H and O–H groups in total. The monoisotopic (exact) mass is 829 g/mol. The lowest BCUT2D eigenvalue weighted by molar-refractivity contribution is -0.294. The summed E-state index contributed by atoms with van der Waals surface area (Å²) in [5.74, 6) is 0.392. The van der Waals surface area contributed by atoms with Gasteiger partial charge < -0.3 is 43.2 Å². The van der Waals surface area contributed by atoms with Crippen LogP contribution in [0, 0.1) is 5.41 Å². The lowest BCUT2D eigenvalue weighted by atomic mass is 9.91. The zero-order chi connectivity index (χ0) is 41.2. The molecule has 3 aromatic rings. The molecule has 2 fully saturated rings. The Kier molecular flexibility index (Phi) is 18.4. The van der Waals surface area contributed by atoms with Gasteiger partial charge in [0.1, 0.15) is 30.1 Å². The predicted octanol–water partition coefficient (Wildman–Crippen LogP) is 6.34. The third-order valence-corrected chi connectivity index (χ3v) is 10.5. The minimum absolute atomic E-state index is 0.0178. The van der Waals surface area contributed by atoms with Crippen LogP contribution in [-0.2, 0) is 65.7 Å². The lowest BCUT2D eigenvalue weighted by Crippen LogP contribution is -2.66. The fourth-order valence-electron chi connectivity index (χ4n) is 6.93. The number of hydrogen-bond acceptors (Lipinski definition) is 12. The number of methoxy groups -OCH3 is 1. The van der Waals surface area contributed by atoms with E-state index in [1.54, 1.807) is 19.2 Å². The maximum absolute atomic E-state index is 12.7. The highest BCUT2D eigenvalue weighted by Gasteiger charge is 2.49. The molecule has 14 nitrogen and oxygen atoms in total. The van der Waals surface area contributed by atoms with Crippen molar-refractivity contribution in [2.45, 2.75) is 103 Å². The molecule has 1 amide bonds. The Bertz CT molecular complexity index is 1720. The van der Waals surface area contributed by atoms with Crippen LogP contribution in [0.3, 0.4) is 0 Å². The van der Waals surface area contributed by atoms with Crippen LogP contribution in [0.25, 0.3) is 0 Å². The molecule has 2 heterocycles. The van der Waals surface area contributed by atoms with Crippen LogP contribution in [0.15, 0.2) is 84.9 Å². The van der Waals surface area contributed by atoms with Gasteiger partial charge in [-0.3, -0.25) is 9.35 Å². The summed E-state index contributed by atoms with van der Waals surface area (Å²) < 4.78 is 88.0. The van der Waals surface area contributed by atoms with Gasteiger partial charge in [-0.05, 0) is 29.7 Å². The standard InChI is InChI=1S/C43H59NO13S/c1-4-5-6-7-8-15-24-51-42-38(44-32(2)45)40(53-26-34-18-13-10-14-19-34)39(52-25-33-16-11-9-12-17-33)37(57-42)27-50-28-43(31-56-58(46,47)48)29-54-41(55-30-43)35-20-22-36(49-3)23-21-35/h9-14,16-23,37-42H,4-8,15,24-31H2,1-3H3,(H,44,45)(H,46,47,48)/t37-,38-,39-,40-,41?,42+,43?/m1/s1. The molecule has 0 radical (unpaired) electrons. The summed E-state index contributed by atoms with van der Waals surface area (Å²) in [4.78, 5) is 12.7. The second-order valence-corrected chi connectivity index (χ2v) is 16.0. The molecule has 320 valence electrons. The van der Waals surface area contributed by atoms with Crippen molar-refractivity contribution >= 4 is 16.3 Å². The SMILES string of the molecule is CCCCCCCCO[C@H]1O[C@H](COCC2(COS(=O)(=O)O)COC(c3ccc(OC)cc3)OC2)[C@@H](OCc2ccccc2)[C@H](OCc2ccccc2)[C@H]1NC(C)=O. The number of ether oxygens (including phenoxy) is 8. The number of carbonyl (C=O) groups is 1. The van der Waals surface area contributed by atoms with Gasteiger partial charge >= 0.3 is 10.4 Å². The van der Waals surface area contributed by atoms with Gasteiger partial charge in [0, 0.05) is 19.1 Å². The number of amides is 1. The van der Waals surface area contributed by atoms with Crippen molar-refractivity contribution in [3.8, 4) is 5.75 Å². The highest BCUT2D eigenvalue weighted by Crippen LogP contribution is 2.35. The van der Waals surface area contributed by atoms with Crippen LogP contribution < -0.4 is 10.1 Å². The molecule has 2 saturated heterocycles. The molecule has 0 aliphatic carbocycles. The van der Waals surface area contributed by atoms with E-state index >= 15 is 0 Å². The smallest absolute Gasteiger partial charge is 0.397 e. The second kappa shape index (κ2) is 23.3. The summed E-state index contributed by atoms with van der Waals surface area (Å²) in [6.07, 6.45) is 2.49. The van der Waals surface area contributed by atoms with E-state index in [-0.39, 0.29) is 45.5 Å². The summed E-state index contributed by atoms with van der Waals surface area (Å²) >= 11 is 0. The van der Waals surface area contributed by atoms with Crippen LogP contribution in [0.2, 0.25) is 0 Å². The van der Waals surface area contributed by atoms with Crippen LogP contribution >= 0.6 is 0 Å². The molecule has 15 heteroatoms. The van der Waals surface area contributed by atoms with Crippen LogP contribution in [0.4, 0.5) is 0 Å². The second-order valence-electron chi connectivity index (χ2n) is 14.9. The fourth-order valence-corrected chi connectivity index (χ4v) is 7.33. The van der Waals surface area contributed by atoms with E-state index in [9.17, 15) is 17.8 Å². The Morgan fingerprint density at radius 1 is 0.810 bits per heavy atom. The fraction of sp³-hybridized carbons (Fsp3) is 0.558. The van der Waals surface area contributed by atoms with Crippen molar-refractivity contribution in [1.82, 2.24) is 5.32 Å². The van der Waals surface area contributed by atoms with Crippen LogP contribution in [0.5, 0.6) is 5.75 Å². The van der Waals surface area contributed by atoms with Crippen LogP contribution in [0.1, 0.15) is 75.4 Å². The van der Waals surface area contributed by atoms with E-state index in [1.807, 2.05) is 72.8 Å². The number of hydrogen-bond donors (Lipinski definition) is 2. The van der Waals surface area contributed by atoms with E-state index in [2.05, 4.69) is 12.2 Å². The zero-order valence-electron chi connectivity index (χ0n) is 33.7. The first-order valence-electron chi connectivity index (χ1n) is 20.0.